The number of hydrogen-bond donors (Lipinski definition) is 2. The van der Waals surface area contributed by atoms with Crippen LogP contribution in [0.4, 0.5) is 0 Å². The molecule has 0 aliphatic heterocycles. The Morgan fingerprint density at radius 1 is 1.50 bits per heavy atom. The summed E-state index contributed by atoms with van der Waals surface area (Å²) in [5, 5.41) is 12.0. The van der Waals surface area contributed by atoms with Gasteiger partial charge in [-0.2, -0.15) is 0 Å². The fourth-order valence-electron chi connectivity index (χ4n) is 1.20. The number of aliphatic hydroxyl groups excluding tert-OH is 1. The normalized spacial score (nSPS) is 12.5. The van der Waals surface area contributed by atoms with Gasteiger partial charge in [0.2, 0.25) is 0 Å². The second-order valence-corrected chi connectivity index (χ2v) is 4.82. The van der Waals surface area contributed by atoms with Crippen molar-refractivity contribution in [1.82, 2.24) is 10.2 Å². The number of nitrogens with one attached hydrogen (secondary N) is 1. The minimum atomic E-state index is -0.324. The predicted molar refractivity (Wildman–Crippen MR) is 65.9 cm³/mol. The highest BCUT2D eigenvalue weighted by molar-refractivity contribution is 6.27. The Labute approximate surface area is 102 Å². The summed E-state index contributed by atoms with van der Waals surface area (Å²) in [6, 6.07) is 0. The van der Waals surface area contributed by atoms with Gasteiger partial charge < -0.3 is 15.3 Å². The van der Waals surface area contributed by atoms with Crippen LogP contribution in [0.1, 0.15) is 34.1 Å². The Bertz CT molecular complexity index is 259. The first-order valence-electron chi connectivity index (χ1n) is 5.34. The minimum Gasteiger partial charge on any atom is -0.376 e. The van der Waals surface area contributed by atoms with Gasteiger partial charge in [0, 0.05) is 17.6 Å². The largest absolute Gasteiger partial charge is 0.376 e. The molecule has 2 N–H and O–H groups in total. The lowest BCUT2D eigenvalue weighted by atomic mass is 10.1. The molecule has 1 amide bonds. The molecule has 0 saturated carbocycles. The van der Waals surface area contributed by atoms with E-state index in [0.717, 1.165) is 6.42 Å². The number of rotatable bonds is 5. The zero-order chi connectivity index (χ0) is 12.8. The highest BCUT2D eigenvalue weighted by atomic mass is 35.5. The highest BCUT2D eigenvalue weighted by Gasteiger charge is 2.20. The predicted octanol–water partition coefficient (Wildman–Crippen LogP) is 1.64. The van der Waals surface area contributed by atoms with Gasteiger partial charge in [-0.15, -0.1) is 0 Å². The Morgan fingerprint density at radius 3 is 2.38 bits per heavy atom. The molecule has 0 aromatic rings. The number of halogens is 1. The summed E-state index contributed by atoms with van der Waals surface area (Å²) in [6.45, 7) is 8.01. The van der Waals surface area contributed by atoms with Gasteiger partial charge in [-0.25, -0.2) is 0 Å². The quantitative estimate of drug-likeness (QED) is 0.575. The van der Waals surface area contributed by atoms with Crippen LogP contribution in [-0.2, 0) is 4.79 Å². The van der Waals surface area contributed by atoms with E-state index < -0.39 is 0 Å². The van der Waals surface area contributed by atoms with Crippen molar-refractivity contribution in [2.24, 2.45) is 0 Å². The lowest BCUT2D eigenvalue weighted by Gasteiger charge is -2.27. The van der Waals surface area contributed by atoms with Crippen molar-refractivity contribution in [3.05, 3.63) is 11.2 Å². The van der Waals surface area contributed by atoms with E-state index in [1.807, 2.05) is 27.7 Å². The summed E-state index contributed by atoms with van der Waals surface area (Å²) < 4.78 is 0. The first-order chi connectivity index (χ1) is 7.35. The van der Waals surface area contributed by atoms with Gasteiger partial charge in [0.1, 0.15) is 12.4 Å². The molecule has 0 saturated heterocycles. The Balaban J connectivity index is 4.66. The van der Waals surface area contributed by atoms with E-state index in [9.17, 15) is 4.79 Å². The molecule has 0 atom stereocenters. The summed E-state index contributed by atoms with van der Waals surface area (Å²) in [7, 11) is 0. The molecule has 5 heteroatoms. The van der Waals surface area contributed by atoms with E-state index in [1.54, 1.807) is 0 Å². The van der Waals surface area contributed by atoms with Crippen molar-refractivity contribution in [3.8, 4) is 0 Å². The molecule has 0 spiro atoms. The molecule has 0 rings (SSSR count). The first-order valence-corrected chi connectivity index (χ1v) is 5.78. The fourth-order valence-corrected chi connectivity index (χ4v) is 1.44. The molecule has 0 unspecified atom stereocenters. The molecule has 0 aliphatic rings. The molecular weight excluding hydrogens is 228 g/mol. The number of nitrogens with zero attached hydrogens (tertiary/aromatic N) is 1. The standard InChI is InChI=1S/C11H21ClN2O2/c1-5-6-14(8-15)9(7-12)10(16)13-11(2,3)4/h7,15H,5-6,8H2,1-4H3,(H,13,16)/b9-7+. The maximum absolute atomic E-state index is 11.8. The summed E-state index contributed by atoms with van der Waals surface area (Å²) in [5.74, 6) is -0.273. The van der Waals surface area contributed by atoms with E-state index in [1.165, 1.54) is 10.4 Å². The molecule has 0 aliphatic carbocycles. The third-order valence-electron chi connectivity index (χ3n) is 1.83. The number of hydrogen-bond acceptors (Lipinski definition) is 3. The van der Waals surface area contributed by atoms with Gasteiger partial charge >= 0.3 is 0 Å². The summed E-state index contributed by atoms with van der Waals surface area (Å²) in [4.78, 5) is 13.4. The van der Waals surface area contributed by atoms with Crippen LogP contribution in [0.5, 0.6) is 0 Å². The van der Waals surface area contributed by atoms with Crippen molar-refractivity contribution in [2.45, 2.75) is 39.7 Å². The molecule has 0 bridgehead atoms. The molecule has 0 heterocycles. The molecule has 0 fully saturated rings. The maximum atomic E-state index is 11.8. The van der Waals surface area contributed by atoms with Gasteiger partial charge in [-0.3, -0.25) is 4.79 Å². The SMILES string of the molecule is CCCN(CO)/C(=C/Cl)C(=O)NC(C)(C)C. The molecule has 0 aromatic heterocycles. The van der Waals surface area contributed by atoms with Crippen LogP contribution in [0, 0.1) is 0 Å². The van der Waals surface area contributed by atoms with Gasteiger partial charge in [0.25, 0.3) is 5.91 Å². The zero-order valence-electron chi connectivity index (χ0n) is 10.4. The van der Waals surface area contributed by atoms with Crippen LogP contribution < -0.4 is 5.32 Å². The van der Waals surface area contributed by atoms with Gasteiger partial charge in [0.05, 0.1) is 0 Å². The number of carbonyl (C=O) groups is 1. The Morgan fingerprint density at radius 2 is 2.06 bits per heavy atom. The highest BCUT2D eigenvalue weighted by Crippen LogP contribution is 2.09. The van der Waals surface area contributed by atoms with E-state index >= 15 is 0 Å². The average Bonchev–Trinajstić information content (AvgIpc) is 2.14. The molecule has 4 nitrogen and oxygen atoms in total. The lowest BCUT2D eigenvalue weighted by molar-refractivity contribution is -0.121. The van der Waals surface area contributed by atoms with E-state index in [-0.39, 0.29) is 18.2 Å². The van der Waals surface area contributed by atoms with Gasteiger partial charge in [-0.1, -0.05) is 18.5 Å². The number of aliphatic hydroxyl groups is 1. The van der Waals surface area contributed by atoms with Crippen molar-refractivity contribution in [2.75, 3.05) is 13.3 Å². The minimum absolute atomic E-state index is 0.218. The van der Waals surface area contributed by atoms with Crippen molar-refractivity contribution < 1.29 is 9.90 Å². The first kappa shape index (κ1) is 15.3. The van der Waals surface area contributed by atoms with Crippen LogP contribution in [0.2, 0.25) is 0 Å². The van der Waals surface area contributed by atoms with Crippen LogP contribution in [0.15, 0.2) is 11.2 Å². The molecule has 0 radical (unpaired) electrons. The van der Waals surface area contributed by atoms with E-state index in [0.29, 0.717) is 12.2 Å². The average molecular weight is 249 g/mol. The topological polar surface area (TPSA) is 52.6 Å². The second kappa shape index (κ2) is 6.76. The van der Waals surface area contributed by atoms with Crippen LogP contribution >= 0.6 is 11.6 Å². The second-order valence-electron chi connectivity index (χ2n) is 4.60. The maximum Gasteiger partial charge on any atom is 0.268 e. The fraction of sp³-hybridized carbons (Fsp3) is 0.727. The van der Waals surface area contributed by atoms with Crippen molar-refractivity contribution in [3.63, 3.8) is 0 Å². The Hall–Kier alpha value is -0.740. The molecular formula is C11H21ClN2O2. The van der Waals surface area contributed by atoms with Crippen LogP contribution in [0.3, 0.4) is 0 Å². The summed E-state index contributed by atoms with van der Waals surface area (Å²) in [6.07, 6.45) is 0.831. The summed E-state index contributed by atoms with van der Waals surface area (Å²) >= 11 is 5.62. The van der Waals surface area contributed by atoms with Crippen molar-refractivity contribution >= 4 is 17.5 Å². The number of carbonyl (C=O) groups excluding carboxylic acids is 1. The monoisotopic (exact) mass is 248 g/mol. The zero-order valence-corrected chi connectivity index (χ0v) is 11.1. The smallest absolute Gasteiger partial charge is 0.268 e. The molecule has 94 valence electrons. The van der Waals surface area contributed by atoms with Crippen LogP contribution in [-0.4, -0.2) is 34.7 Å². The van der Waals surface area contributed by atoms with Crippen molar-refractivity contribution in [1.29, 1.82) is 0 Å². The van der Waals surface area contributed by atoms with Gasteiger partial charge in [0.15, 0.2) is 0 Å². The third kappa shape index (κ3) is 5.37. The third-order valence-corrected chi connectivity index (χ3v) is 2.04. The van der Waals surface area contributed by atoms with Gasteiger partial charge in [-0.05, 0) is 27.2 Å². The van der Waals surface area contributed by atoms with Crippen LogP contribution in [0.25, 0.3) is 0 Å². The molecule has 16 heavy (non-hydrogen) atoms. The molecule has 0 aromatic carbocycles. The van der Waals surface area contributed by atoms with E-state index in [2.05, 4.69) is 5.32 Å². The Kier molecular flexibility index (Phi) is 6.45. The summed E-state index contributed by atoms with van der Waals surface area (Å²) in [5.41, 5.74) is 1.17. The van der Waals surface area contributed by atoms with E-state index in [4.69, 9.17) is 16.7 Å². The number of amides is 1. The lowest BCUT2D eigenvalue weighted by Crippen LogP contribution is -2.44.